The molecular weight excluding hydrogens is 310 g/mol. The number of amides is 1. The molecule has 4 aromatic carbocycles. The zero-order chi connectivity index (χ0) is 17.2. The average molecular weight is 327 g/mol. The van der Waals surface area contributed by atoms with E-state index < -0.39 is 5.72 Å². The Kier molecular flexibility index (Phi) is 2.77. The third-order valence-electron chi connectivity index (χ3n) is 5.22. The molecule has 1 amide bonds. The van der Waals surface area contributed by atoms with Gasteiger partial charge >= 0.3 is 0 Å². The van der Waals surface area contributed by atoms with Gasteiger partial charge in [-0.3, -0.25) is 4.79 Å². The maximum atomic E-state index is 12.1. The van der Waals surface area contributed by atoms with E-state index in [1.165, 1.54) is 32.5 Å². The van der Waals surface area contributed by atoms with Gasteiger partial charge in [-0.2, -0.15) is 0 Å². The lowest BCUT2D eigenvalue weighted by molar-refractivity contribution is -0.140. The van der Waals surface area contributed by atoms with Crippen LogP contribution in [0.15, 0.2) is 66.7 Å². The average Bonchev–Trinajstić information content (AvgIpc) is 2.86. The molecule has 1 aliphatic rings. The number of benzene rings is 4. The second-order valence-corrected chi connectivity index (χ2v) is 6.98. The van der Waals surface area contributed by atoms with Gasteiger partial charge in [0.25, 0.3) is 0 Å². The van der Waals surface area contributed by atoms with Crippen LogP contribution in [0.5, 0.6) is 0 Å². The molecule has 0 radical (unpaired) electrons. The molecule has 25 heavy (non-hydrogen) atoms. The highest BCUT2D eigenvalue weighted by atomic mass is 16.3. The Morgan fingerprint density at radius 2 is 1.48 bits per heavy atom. The zero-order valence-electron chi connectivity index (χ0n) is 13.9. The van der Waals surface area contributed by atoms with Crippen LogP contribution >= 0.6 is 0 Å². The smallest absolute Gasteiger partial charge is 0.249 e. The molecule has 1 heterocycles. The van der Waals surface area contributed by atoms with E-state index in [9.17, 15) is 9.90 Å². The highest BCUT2D eigenvalue weighted by molar-refractivity contribution is 6.23. The minimum absolute atomic E-state index is 0.157. The fraction of sp³-hybridized carbons (Fsp3) is 0.136. The largest absolute Gasteiger partial charge is 0.367 e. The Labute approximate surface area is 145 Å². The fourth-order valence-electron chi connectivity index (χ4n) is 3.96. The van der Waals surface area contributed by atoms with Crippen molar-refractivity contribution in [3.8, 4) is 0 Å². The van der Waals surface area contributed by atoms with Gasteiger partial charge in [-0.05, 0) is 63.0 Å². The second kappa shape index (κ2) is 4.80. The number of rotatable bonds is 2. The summed E-state index contributed by atoms with van der Waals surface area (Å²) in [4.78, 5) is 13.5. The van der Waals surface area contributed by atoms with Crippen LogP contribution in [0, 0.1) is 0 Å². The van der Waals surface area contributed by atoms with Crippen LogP contribution in [0.1, 0.15) is 12.5 Å². The lowest BCUT2D eigenvalue weighted by atomic mass is 9.93. The highest BCUT2D eigenvalue weighted by Gasteiger charge is 2.34. The van der Waals surface area contributed by atoms with Crippen molar-refractivity contribution in [1.29, 1.82) is 0 Å². The molecule has 4 aromatic rings. The third kappa shape index (κ3) is 2.06. The highest BCUT2D eigenvalue weighted by Crippen LogP contribution is 2.35. The van der Waals surface area contributed by atoms with Gasteiger partial charge in [0.15, 0.2) is 5.72 Å². The molecule has 1 aliphatic heterocycles. The van der Waals surface area contributed by atoms with E-state index in [0.717, 1.165) is 16.3 Å². The van der Waals surface area contributed by atoms with E-state index in [2.05, 4.69) is 54.6 Å². The van der Waals surface area contributed by atoms with Crippen LogP contribution < -0.4 is 0 Å². The lowest BCUT2D eigenvalue weighted by Gasteiger charge is -2.30. The molecule has 0 bridgehead atoms. The summed E-state index contributed by atoms with van der Waals surface area (Å²) in [6.07, 6.45) is 2.98. The van der Waals surface area contributed by atoms with Crippen molar-refractivity contribution in [1.82, 2.24) is 4.90 Å². The van der Waals surface area contributed by atoms with Crippen molar-refractivity contribution in [2.24, 2.45) is 0 Å². The SMILES string of the molecule is CC1(O)C=CC(=O)N1Cc1cc2ccc3cccc4ccc(c1)c2c34. The Bertz CT molecular complexity index is 1110. The lowest BCUT2D eigenvalue weighted by Crippen LogP contribution is -2.43. The summed E-state index contributed by atoms with van der Waals surface area (Å²) in [6, 6.07) is 19.2. The first kappa shape index (κ1) is 14.4. The first-order valence-electron chi connectivity index (χ1n) is 8.43. The normalized spacial score (nSPS) is 20.6. The summed E-state index contributed by atoms with van der Waals surface area (Å²) in [5.41, 5.74) is -0.210. The summed E-state index contributed by atoms with van der Waals surface area (Å²) in [5.74, 6) is -0.157. The summed E-state index contributed by atoms with van der Waals surface area (Å²) < 4.78 is 0. The Balaban J connectivity index is 1.70. The maximum Gasteiger partial charge on any atom is 0.249 e. The van der Waals surface area contributed by atoms with Gasteiger partial charge in [0, 0.05) is 12.6 Å². The summed E-state index contributed by atoms with van der Waals surface area (Å²) in [6.45, 7) is 2.02. The van der Waals surface area contributed by atoms with Crippen molar-refractivity contribution in [3.05, 3.63) is 72.3 Å². The van der Waals surface area contributed by atoms with E-state index in [-0.39, 0.29) is 5.91 Å². The molecule has 1 N–H and O–H groups in total. The Hall–Kier alpha value is -2.91. The third-order valence-corrected chi connectivity index (χ3v) is 5.22. The second-order valence-electron chi connectivity index (χ2n) is 6.98. The number of aliphatic hydroxyl groups is 1. The molecule has 1 atom stereocenters. The molecule has 0 aromatic heterocycles. The van der Waals surface area contributed by atoms with Crippen molar-refractivity contribution >= 4 is 38.2 Å². The van der Waals surface area contributed by atoms with E-state index in [1.807, 2.05) is 0 Å². The summed E-state index contributed by atoms with van der Waals surface area (Å²) in [7, 11) is 0. The van der Waals surface area contributed by atoms with Gasteiger partial charge in [-0.1, -0.05) is 42.5 Å². The topological polar surface area (TPSA) is 40.5 Å². The van der Waals surface area contributed by atoms with Gasteiger partial charge in [-0.15, -0.1) is 0 Å². The van der Waals surface area contributed by atoms with E-state index in [0.29, 0.717) is 6.54 Å². The van der Waals surface area contributed by atoms with Crippen LogP contribution in [0.2, 0.25) is 0 Å². The van der Waals surface area contributed by atoms with Gasteiger partial charge in [0.1, 0.15) is 0 Å². The molecule has 3 heteroatoms. The van der Waals surface area contributed by atoms with Crippen LogP contribution in [0.4, 0.5) is 0 Å². The first-order chi connectivity index (χ1) is 12.0. The van der Waals surface area contributed by atoms with Crippen molar-refractivity contribution < 1.29 is 9.90 Å². The van der Waals surface area contributed by atoms with Crippen LogP contribution in [-0.4, -0.2) is 21.6 Å². The molecule has 3 nitrogen and oxygen atoms in total. The van der Waals surface area contributed by atoms with Gasteiger partial charge in [0.05, 0.1) is 0 Å². The molecule has 122 valence electrons. The fourth-order valence-corrected chi connectivity index (χ4v) is 3.96. The number of hydrogen-bond donors (Lipinski definition) is 1. The zero-order valence-corrected chi connectivity index (χ0v) is 13.9. The molecule has 0 fully saturated rings. The number of carbonyl (C=O) groups excluding carboxylic acids is 1. The Morgan fingerprint density at radius 1 is 0.920 bits per heavy atom. The molecular formula is C22H17NO2. The van der Waals surface area contributed by atoms with Crippen molar-refractivity contribution in [3.63, 3.8) is 0 Å². The molecule has 0 saturated heterocycles. The number of carbonyl (C=O) groups is 1. The van der Waals surface area contributed by atoms with Crippen molar-refractivity contribution in [2.45, 2.75) is 19.2 Å². The van der Waals surface area contributed by atoms with Crippen LogP contribution in [-0.2, 0) is 11.3 Å². The molecule has 0 saturated carbocycles. The Morgan fingerprint density at radius 3 is 2.04 bits per heavy atom. The van der Waals surface area contributed by atoms with E-state index in [1.54, 1.807) is 13.0 Å². The summed E-state index contributed by atoms with van der Waals surface area (Å²) >= 11 is 0. The molecule has 1 unspecified atom stereocenters. The predicted octanol–water partition coefficient (Wildman–Crippen LogP) is 4.19. The van der Waals surface area contributed by atoms with Crippen LogP contribution in [0.25, 0.3) is 32.3 Å². The first-order valence-corrected chi connectivity index (χ1v) is 8.43. The minimum Gasteiger partial charge on any atom is -0.367 e. The molecule has 0 aliphatic carbocycles. The monoisotopic (exact) mass is 327 g/mol. The predicted molar refractivity (Wildman–Crippen MR) is 100 cm³/mol. The minimum atomic E-state index is -1.23. The van der Waals surface area contributed by atoms with E-state index in [4.69, 9.17) is 0 Å². The number of nitrogens with zero attached hydrogens (tertiary/aromatic N) is 1. The standard InChI is InChI=1S/C22H17NO2/c1-22(25)10-9-19(24)23(22)13-14-11-17-7-5-15-3-2-4-16-6-8-18(12-14)21(17)20(15)16/h2-12,25H,13H2,1H3. The quantitative estimate of drug-likeness (QED) is 0.561. The van der Waals surface area contributed by atoms with Gasteiger partial charge in [-0.25, -0.2) is 0 Å². The van der Waals surface area contributed by atoms with Crippen LogP contribution in [0.3, 0.4) is 0 Å². The van der Waals surface area contributed by atoms with Gasteiger partial charge < -0.3 is 10.0 Å². The molecule has 0 spiro atoms. The molecule has 5 rings (SSSR count). The van der Waals surface area contributed by atoms with Gasteiger partial charge in [0.2, 0.25) is 5.91 Å². The van der Waals surface area contributed by atoms with Crippen molar-refractivity contribution in [2.75, 3.05) is 0 Å². The number of hydrogen-bond acceptors (Lipinski definition) is 2. The summed E-state index contributed by atoms with van der Waals surface area (Å²) in [5, 5.41) is 17.7. The van der Waals surface area contributed by atoms with E-state index >= 15 is 0 Å². The maximum absolute atomic E-state index is 12.1.